The van der Waals surface area contributed by atoms with Crippen LogP contribution in [0, 0.1) is 5.92 Å². The summed E-state index contributed by atoms with van der Waals surface area (Å²) in [5.41, 5.74) is 1.96. The van der Waals surface area contributed by atoms with Gasteiger partial charge >= 0.3 is 0 Å². The summed E-state index contributed by atoms with van der Waals surface area (Å²) in [7, 11) is 0. The lowest BCUT2D eigenvalue weighted by Crippen LogP contribution is -2.26. The van der Waals surface area contributed by atoms with E-state index in [2.05, 4.69) is 25.2 Å². The van der Waals surface area contributed by atoms with Crippen molar-refractivity contribution in [3.05, 3.63) is 47.5 Å². The Balaban J connectivity index is 1.77. The predicted molar refractivity (Wildman–Crippen MR) is 101 cm³/mol. The Kier molecular flexibility index (Phi) is 5.89. The lowest BCUT2D eigenvalue weighted by molar-refractivity contribution is 0.171. The van der Waals surface area contributed by atoms with Gasteiger partial charge in [-0.2, -0.15) is 0 Å². The van der Waals surface area contributed by atoms with Crippen LogP contribution >= 0.6 is 0 Å². The van der Waals surface area contributed by atoms with E-state index in [1.165, 1.54) is 0 Å². The molecule has 26 heavy (non-hydrogen) atoms. The van der Waals surface area contributed by atoms with Crippen LogP contribution in [0.15, 0.2) is 36.4 Å². The van der Waals surface area contributed by atoms with Gasteiger partial charge in [0, 0.05) is 18.2 Å². The predicted octanol–water partition coefficient (Wildman–Crippen LogP) is 4.05. The number of ether oxygens (including phenoxy) is 3. The molecule has 0 aliphatic carbocycles. The van der Waals surface area contributed by atoms with E-state index in [0.717, 1.165) is 22.6 Å². The fraction of sp³-hybridized carbons (Fsp3) is 0.429. The highest BCUT2D eigenvalue weighted by Gasteiger charge is 2.20. The Morgan fingerprint density at radius 2 is 1.88 bits per heavy atom. The summed E-state index contributed by atoms with van der Waals surface area (Å²) < 4.78 is 16.8. The first kappa shape index (κ1) is 18.4. The second-order valence-electron chi connectivity index (χ2n) is 6.70. The van der Waals surface area contributed by atoms with Gasteiger partial charge in [-0.15, -0.1) is 0 Å². The first-order chi connectivity index (χ1) is 12.6. The molecule has 0 saturated heterocycles. The minimum atomic E-state index is 0.126. The van der Waals surface area contributed by atoms with Crippen LogP contribution in [-0.2, 0) is 6.54 Å². The Hall–Kier alpha value is -2.40. The number of phenolic OH excluding ortho intramolecular Hbond substituents is 1. The standard InChI is InChI=1S/C21H27NO4/c1-4-24-18-7-5-6-16(21(18)23)13-22-20(14(2)3)15-8-9-17-19(12-15)26-11-10-25-17/h5-9,12,14,20,22-23H,4,10-11,13H2,1-3H3. The van der Waals surface area contributed by atoms with Gasteiger partial charge in [-0.1, -0.05) is 32.0 Å². The van der Waals surface area contributed by atoms with E-state index in [9.17, 15) is 5.11 Å². The van der Waals surface area contributed by atoms with Crippen LogP contribution in [0.1, 0.15) is 37.9 Å². The molecule has 0 saturated carbocycles. The number of aromatic hydroxyl groups is 1. The molecule has 5 nitrogen and oxygen atoms in total. The highest BCUT2D eigenvalue weighted by molar-refractivity contribution is 5.46. The minimum absolute atomic E-state index is 0.126. The first-order valence-electron chi connectivity index (χ1n) is 9.16. The molecule has 3 rings (SSSR count). The average Bonchev–Trinajstić information content (AvgIpc) is 2.64. The first-order valence-corrected chi connectivity index (χ1v) is 9.16. The molecule has 0 amide bonds. The Labute approximate surface area is 154 Å². The summed E-state index contributed by atoms with van der Waals surface area (Å²) in [6, 6.07) is 11.8. The molecule has 140 valence electrons. The number of rotatable bonds is 7. The smallest absolute Gasteiger partial charge is 0.162 e. The van der Waals surface area contributed by atoms with Crippen LogP contribution in [0.4, 0.5) is 0 Å². The van der Waals surface area contributed by atoms with E-state index in [0.29, 0.717) is 38.0 Å². The fourth-order valence-electron chi connectivity index (χ4n) is 3.19. The molecule has 0 fully saturated rings. The summed E-state index contributed by atoms with van der Waals surface area (Å²) in [4.78, 5) is 0. The van der Waals surface area contributed by atoms with E-state index in [1.54, 1.807) is 6.07 Å². The highest BCUT2D eigenvalue weighted by Crippen LogP contribution is 2.35. The van der Waals surface area contributed by atoms with Gasteiger partial charge in [-0.05, 0) is 36.6 Å². The van der Waals surface area contributed by atoms with Crippen molar-refractivity contribution in [1.29, 1.82) is 0 Å². The van der Waals surface area contributed by atoms with Crippen LogP contribution in [0.3, 0.4) is 0 Å². The third kappa shape index (κ3) is 4.05. The lowest BCUT2D eigenvalue weighted by Gasteiger charge is -2.26. The van der Waals surface area contributed by atoms with Crippen molar-refractivity contribution in [1.82, 2.24) is 5.32 Å². The number of nitrogens with one attached hydrogen (secondary N) is 1. The molecular formula is C21H27NO4. The Morgan fingerprint density at radius 1 is 1.12 bits per heavy atom. The van der Waals surface area contributed by atoms with Crippen molar-refractivity contribution in [3.63, 3.8) is 0 Å². The second kappa shape index (κ2) is 8.32. The van der Waals surface area contributed by atoms with Gasteiger partial charge in [-0.3, -0.25) is 0 Å². The number of hydrogen-bond acceptors (Lipinski definition) is 5. The number of benzene rings is 2. The number of fused-ring (bicyclic) bond motifs is 1. The molecule has 1 aliphatic heterocycles. The maximum absolute atomic E-state index is 10.4. The summed E-state index contributed by atoms with van der Waals surface area (Å²) >= 11 is 0. The van der Waals surface area contributed by atoms with Crippen LogP contribution in [0.5, 0.6) is 23.0 Å². The third-order valence-corrected chi connectivity index (χ3v) is 4.49. The van der Waals surface area contributed by atoms with Crippen LogP contribution in [-0.4, -0.2) is 24.9 Å². The van der Waals surface area contributed by atoms with Gasteiger partial charge in [-0.25, -0.2) is 0 Å². The molecule has 0 bridgehead atoms. The summed E-state index contributed by atoms with van der Waals surface area (Å²) in [5, 5.41) is 14.0. The van der Waals surface area contributed by atoms with Gasteiger partial charge in [0.15, 0.2) is 23.0 Å². The quantitative estimate of drug-likeness (QED) is 0.783. The van der Waals surface area contributed by atoms with Gasteiger partial charge in [0.1, 0.15) is 13.2 Å². The van der Waals surface area contributed by atoms with Gasteiger partial charge in [0.25, 0.3) is 0 Å². The monoisotopic (exact) mass is 357 g/mol. The average molecular weight is 357 g/mol. The Bertz CT molecular complexity index is 745. The molecular weight excluding hydrogens is 330 g/mol. The number of phenols is 1. The molecule has 2 aromatic carbocycles. The zero-order chi connectivity index (χ0) is 18.5. The Morgan fingerprint density at radius 3 is 2.62 bits per heavy atom. The van der Waals surface area contributed by atoms with E-state index in [-0.39, 0.29) is 11.8 Å². The molecule has 1 unspecified atom stereocenters. The van der Waals surface area contributed by atoms with Crippen LogP contribution < -0.4 is 19.5 Å². The van der Waals surface area contributed by atoms with Crippen molar-refractivity contribution >= 4 is 0 Å². The molecule has 5 heteroatoms. The van der Waals surface area contributed by atoms with Crippen molar-refractivity contribution < 1.29 is 19.3 Å². The summed E-state index contributed by atoms with van der Waals surface area (Å²) in [5.74, 6) is 2.68. The fourth-order valence-corrected chi connectivity index (χ4v) is 3.19. The second-order valence-corrected chi connectivity index (χ2v) is 6.70. The van der Waals surface area contributed by atoms with Crippen molar-refractivity contribution in [2.45, 2.75) is 33.4 Å². The van der Waals surface area contributed by atoms with E-state index in [4.69, 9.17) is 14.2 Å². The zero-order valence-electron chi connectivity index (χ0n) is 15.6. The molecule has 1 atom stereocenters. The number of para-hydroxylation sites is 1. The molecule has 2 aromatic rings. The van der Waals surface area contributed by atoms with Gasteiger partial charge in [0.2, 0.25) is 0 Å². The van der Waals surface area contributed by atoms with Gasteiger partial charge in [0.05, 0.1) is 6.61 Å². The molecule has 0 aromatic heterocycles. The largest absolute Gasteiger partial charge is 0.504 e. The van der Waals surface area contributed by atoms with Gasteiger partial charge < -0.3 is 24.6 Å². The zero-order valence-corrected chi connectivity index (χ0v) is 15.6. The molecule has 1 aliphatic rings. The molecule has 2 N–H and O–H groups in total. The molecule has 0 spiro atoms. The summed E-state index contributed by atoms with van der Waals surface area (Å²) in [6.45, 7) is 8.49. The van der Waals surface area contributed by atoms with Crippen molar-refractivity contribution in [2.75, 3.05) is 19.8 Å². The topological polar surface area (TPSA) is 60.0 Å². The maximum atomic E-state index is 10.4. The third-order valence-electron chi connectivity index (χ3n) is 4.49. The summed E-state index contributed by atoms with van der Waals surface area (Å²) in [6.07, 6.45) is 0. The van der Waals surface area contributed by atoms with Crippen molar-refractivity contribution in [2.24, 2.45) is 5.92 Å². The molecule has 1 heterocycles. The number of hydrogen-bond donors (Lipinski definition) is 2. The van der Waals surface area contributed by atoms with Crippen LogP contribution in [0.25, 0.3) is 0 Å². The van der Waals surface area contributed by atoms with E-state index in [1.807, 2.05) is 31.2 Å². The lowest BCUT2D eigenvalue weighted by atomic mass is 9.95. The normalized spacial score (nSPS) is 14.3. The highest BCUT2D eigenvalue weighted by atomic mass is 16.6. The van der Waals surface area contributed by atoms with Crippen molar-refractivity contribution in [3.8, 4) is 23.0 Å². The minimum Gasteiger partial charge on any atom is -0.504 e. The van der Waals surface area contributed by atoms with E-state index < -0.39 is 0 Å². The van der Waals surface area contributed by atoms with Crippen LogP contribution in [0.2, 0.25) is 0 Å². The molecule has 0 radical (unpaired) electrons. The maximum Gasteiger partial charge on any atom is 0.162 e. The van der Waals surface area contributed by atoms with E-state index >= 15 is 0 Å². The SMILES string of the molecule is CCOc1cccc(CNC(c2ccc3c(c2)OCCO3)C(C)C)c1O.